The molecular formula is C13H7Cl2F3N2O. The van der Waals surface area contributed by atoms with Gasteiger partial charge >= 0.3 is 0 Å². The predicted octanol–water partition coefficient (Wildman–Crippen LogP) is 4.25. The number of nitrogens with one attached hydrogen (secondary N) is 1. The molecule has 0 radical (unpaired) electrons. The zero-order valence-electron chi connectivity index (χ0n) is 10.2. The lowest BCUT2D eigenvalue weighted by molar-refractivity contribution is 0.102. The summed E-state index contributed by atoms with van der Waals surface area (Å²) in [6.45, 7) is 0. The number of benzene rings is 2. The molecule has 0 bridgehead atoms. The molecule has 110 valence electrons. The smallest absolute Gasteiger partial charge is 0.255 e. The third-order valence-corrected chi connectivity index (χ3v) is 3.21. The Morgan fingerprint density at radius 2 is 1.48 bits per heavy atom. The molecule has 0 saturated carbocycles. The Hall–Kier alpha value is -1.92. The van der Waals surface area contributed by atoms with E-state index in [0.717, 1.165) is 0 Å². The fraction of sp³-hybridized carbons (Fsp3) is 0. The van der Waals surface area contributed by atoms with Gasteiger partial charge in [0, 0.05) is 17.7 Å². The lowest BCUT2D eigenvalue weighted by Crippen LogP contribution is -2.15. The van der Waals surface area contributed by atoms with Crippen molar-refractivity contribution in [1.82, 2.24) is 0 Å². The fourth-order valence-electron chi connectivity index (χ4n) is 1.56. The van der Waals surface area contributed by atoms with Crippen LogP contribution in [0.15, 0.2) is 24.3 Å². The third kappa shape index (κ3) is 3.22. The summed E-state index contributed by atoms with van der Waals surface area (Å²) in [5.74, 6) is -4.45. The van der Waals surface area contributed by atoms with Gasteiger partial charge in [0.15, 0.2) is 11.6 Å². The summed E-state index contributed by atoms with van der Waals surface area (Å²) >= 11 is 11.5. The largest absolute Gasteiger partial charge is 0.396 e. The summed E-state index contributed by atoms with van der Waals surface area (Å²) in [6.07, 6.45) is 0. The van der Waals surface area contributed by atoms with Crippen LogP contribution in [0.2, 0.25) is 10.0 Å². The van der Waals surface area contributed by atoms with Gasteiger partial charge in [0.2, 0.25) is 0 Å². The van der Waals surface area contributed by atoms with Gasteiger partial charge in [-0.2, -0.15) is 0 Å². The van der Waals surface area contributed by atoms with Gasteiger partial charge in [-0.15, -0.1) is 0 Å². The molecule has 21 heavy (non-hydrogen) atoms. The lowest BCUT2D eigenvalue weighted by Gasteiger charge is -2.09. The second-order valence-corrected chi connectivity index (χ2v) is 4.87. The van der Waals surface area contributed by atoms with E-state index < -0.39 is 29.0 Å². The van der Waals surface area contributed by atoms with Crippen molar-refractivity contribution < 1.29 is 18.0 Å². The normalized spacial score (nSPS) is 10.5. The Morgan fingerprint density at radius 1 is 1.00 bits per heavy atom. The van der Waals surface area contributed by atoms with Gasteiger partial charge in [0.1, 0.15) is 11.5 Å². The summed E-state index contributed by atoms with van der Waals surface area (Å²) in [5.41, 5.74) is 4.76. The van der Waals surface area contributed by atoms with E-state index in [1.807, 2.05) is 5.32 Å². The average molecular weight is 335 g/mol. The lowest BCUT2D eigenvalue weighted by atomic mass is 10.2. The highest BCUT2D eigenvalue weighted by atomic mass is 35.5. The van der Waals surface area contributed by atoms with E-state index in [-0.39, 0.29) is 21.3 Å². The molecule has 2 rings (SSSR count). The quantitative estimate of drug-likeness (QED) is 0.807. The summed E-state index contributed by atoms with van der Waals surface area (Å²) in [6, 6.07) is 3.28. The highest BCUT2D eigenvalue weighted by molar-refractivity contribution is 6.39. The van der Waals surface area contributed by atoms with Crippen LogP contribution < -0.4 is 11.1 Å². The van der Waals surface area contributed by atoms with Crippen LogP contribution in [0.4, 0.5) is 24.5 Å². The Bertz CT molecular complexity index is 691. The number of rotatable bonds is 2. The van der Waals surface area contributed by atoms with Crippen molar-refractivity contribution in [2.24, 2.45) is 0 Å². The number of carbonyl (C=O) groups excluding carboxylic acids is 1. The second-order valence-electron chi connectivity index (χ2n) is 4.05. The predicted molar refractivity (Wildman–Crippen MR) is 75.1 cm³/mol. The van der Waals surface area contributed by atoms with E-state index in [4.69, 9.17) is 28.9 Å². The van der Waals surface area contributed by atoms with Crippen LogP contribution in [-0.4, -0.2) is 5.91 Å². The molecule has 8 heteroatoms. The second kappa shape index (κ2) is 5.83. The molecule has 0 aliphatic carbocycles. The van der Waals surface area contributed by atoms with Crippen LogP contribution in [0.5, 0.6) is 0 Å². The van der Waals surface area contributed by atoms with Crippen LogP contribution in [0.1, 0.15) is 10.4 Å². The third-order valence-electron chi connectivity index (χ3n) is 2.59. The molecule has 0 saturated heterocycles. The summed E-state index contributed by atoms with van der Waals surface area (Å²) in [7, 11) is 0. The number of anilines is 2. The number of carbonyl (C=O) groups is 1. The maximum Gasteiger partial charge on any atom is 0.255 e. The first kappa shape index (κ1) is 15.5. The molecule has 0 aromatic heterocycles. The van der Waals surface area contributed by atoms with Crippen molar-refractivity contribution >= 4 is 40.5 Å². The molecule has 1 amide bonds. The topological polar surface area (TPSA) is 55.1 Å². The maximum absolute atomic E-state index is 13.4. The molecular weight excluding hydrogens is 328 g/mol. The molecule has 0 unspecified atom stereocenters. The Kier molecular flexibility index (Phi) is 4.29. The molecule has 3 nitrogen and oxygen atoms in total. The number of amides is 1. The molecule has 0 heterocycles. The summed E-state index contributed by atoms with van der Waals surface area (Å²) in [4.78, 5) is 11.9. The van der Waals surface area contributed by atoms with Crippen LogP contribution in [-0.2, 0) is 0 Å². The standard InChI is InChI=1S/C13H7Cl2F3N2O/c14-7-1-5(2-8(15)11(7)19)13(21)20-12-9(17)3-6(16)4-10(12)18/h1-4H,19H2,(H,20,21). The van der Waals surface area contributed by atoms with Gasteiger partial charge in [-0.25, -0.2) is 13.2 Å². The van der Waals surface area contributed by atoms with E-state index in [1.165, 1.54) is 12.1 Å². The first-order valence-electron chi connectivity index (χ1n) is 5.50. The number of hydrogen-bond donors (Lipinski definition) is 2. The van der Waals surface area contributed by atoms with Gasteiger partial charge in [0.25, 0.3) is 5.91 Å². The molecule has 0 aliphatic rings. The van der Waals surface area contributed by atoms with Gasteiger partial charge in [-0.1, -0.05) is 23.2 Å². The fourth-order valence-corrected chi connectivity index (χ4v) is 2.05. The number of hydrogen-bond acceptors (Lipinski definition) is 2. The first-order valence-corrected chi connectivity index (χ1v) is 6.25. The zero-order chi connectivity index (χ0) is 15.7. The van der Waals surface area contributed by atoms with Crippen LogP contribution in [0, 0.1) is 17.5 Å². The van der Waals surface area contributed by atoms with E-state index in [2.05, 4.69) is 0 Å². The number of nitrogen functional groups attached to an aromatic ring is 1. The van der Waals surface area contributed by atoms with Crippen molar-refractivity contribution in [3.8, 4) is 0 Å². The Labute approximate surface area is 127 Å². The van der Waals surface area contributed by atoms with Crippen molar-refractivity contribution in [2.75, 3.05) is 11.1 Å². The average Bonchev–Trinajstić information content (AvgIpc) is 2.39. The van der Waals surface area contributed by atoms with Crippen molar-refractivity contribution in [1.29, 1.82) is 0 Å². The van der Waals surface area contributed by atoms with Crippen LogP contribution >= 0.6 is 23.2 Å². The Balaban J connectivity index is 2.35. The maximum atomic E-state index is 13.4. The van der Waals surface area contributed by atoms with Gasteiger partial charge in [0.05, 0.1) is 15.7 Å². The monoisotopic (exact) mass is 334 g/mol. The van der Waals surface area contributed by atoms with Gasteiger partial charge in [-0.05, 0) is 12.1 Å². The van der Waals surface area contributed by atoms with Gasteiger partial charge < -0.3 is 11.1 Å². The SMILES string of the molecule is Nc1c(Cl)cc(C(=O)Nc2c(F)cc(F)cc2F)cc1Cl. The molecule has 0 fully saturated rings. The number of halogens is 5. The molecule has 2 aromatic rings. The minimum absolute atomic E-state index is 0.0210. The molecule has 3 N–H and O–H groups in total. The molecule has 0 atom stereocenters. The van der Waals surface area contributed by atoms with Crippen molar-refractivity contribution in [3.63, 3.8) is 0 Å². The van der Waals surface area contributed by atoms with E-state index in [0.29, 0.717) is 12.1 Å². The highest BCUT2D eigenvalue weighted by Crippen LogP contribution is 2.29. The van der Waals surface area contributed by atoms with Crippen LogP contribution in [0.3, 0.4) is 0 Å². The minimum Gasteiger partial charge on any atom is -0.396 e. The number of nitrogens with two attached hydrogens (primary N) is 1. The van der Waals surface area contributed by atoms with Crippen molar-refractivity contribution in [2.45, 2.75) is 0 Å². The Morgan fingerprint density at radius 3 is 1.95 bits per heavy atom. The summed E-state index contributed by atoms with van der Waals surface area (Å²) < 4.78 is 39.7. The molecule has 0 aliphatic heterocycles. The van der Waals surface area contributed by atoms with E-state index in [1.54, 1.807) is 0 Å². The van der Waals surface area contributed by atoms with E-state index >= 15 is 0 Å². The van der Waals surface area contributed by atoms with Crippen LogP contribution in [0.25, 0.3) is 0 Å². The summed E-state index contributed by atoms with van der Waals surface area (Å²) in [5, 5.41) is 2.02. The minimum atomic E-state index is -1.24. The zero-order valence-corrected chi connectivity index (χ0v) is 11.7. The highest BCUT2D eigenvalue weighted by Gasteiger charge is 2.17. The van der Waals surface area contributed by atoms with Crippen molar-refractivity contribution in [3.05, 3.63) is 57.3 Å². The van der Waals surface area contributed by atoms with Gasteiger partial charge in [-0.3, -0.25) is 4.79 Å². The molecule has 0 spiro atoms. The molecule has 2 aromatic carbocycles. The first-order chi connectivity index (χ1) is 9.79. The van der Waals surface area contributed by atoms with E-state index in [9.17, 15) is 18.0 Å².